The number of rotatable bonds is 8. The Morgan fingerprint density at radius 3 is 2.07 bits per heavy atom. The molecule has 0 heterocycles. The molecule has 0 atom stereocenters. The molecule has 0 spiro atoms. The first kappa shape index (κ1) is 19.6. The Bertz CT molecular complexity index is 895. The van der Waals surface area contributed by atoms with Gasteiger partial charge in [0.2, 0.25) is 0 Å². The molecule has 0 aromatic heterocycles. The molecule has 28 heavy (non-hydrogen) atoms. The molecule has 3 aromatic carbocycles. The van der Waals surface area contributed by atoms with E-state index in [0.717, 1.165) is 12.1 Å². The van der Waals surface area contributed by atoms with Crippen LogP contribution in [-0.4, -0.2) is 34.2 Å². The minimum Gasteiger partial charge on any atom is -0.506 e. The second-order valence-electron chi connectivity index (χ2n) is 6.59. The quantitative estimate of drug-likeness (QED) is 0.525. The highest BCUT2D eigenvalue weighted by Crippen LogP contribution is 2.22. The van der Waals surface area contributed by atoms with E-state index in [9.17, 15) is 15.0 Å². The Morgan fingerprint density at radius 1 is 0.821 bits per heavy atom. The fourth-order valence-corrected chi connectivity index (χ4v) is 2.99. The zero-order valence-corrected chi connectivity index (χ0v) is 15.6. The van der Waals surface area contributed by atoms with Crippen molar-refractivity contribution in [2.24, 2.45) is 0 Å². The second kappa shape index (κ2) is 9.69. The van der Waals surface area contributed by atoms with E-state index in [1.165, 1.54) is 11.6 Å². The van der Waals surface area contributed by atoms with Crippen LogP contribution in [0.15, 0.2) is 78.9 Å². The molecule has 0 aliphatic rings. The van der Waals surface area contributed by atoms with Crippen molar-refractivity contribution in [1.29, 1.82) is 0 Å². The van der Waals surface area contributed by atoms with E-state index in [-0.39, 0.29) is 18.3 Å². The largest absolute Gasteiger partial charge is 0.506 e. The number of anilines is 1. The first-order valence-electron chi connectivity index (χ1n) is 9.21. The molecule has 1 amide bonds. The summed E-state index contributed by atoms with van der Waals surface area (Å²) in [5.74, 6) is -0.238. The van der Waals surface area contributed by atoms with Gasteiger partial charge < -0.3 is 15.5 Å². The lowest BCUT2D eigenvalue weighted by Crippen LogP contribution is -2.26. The van der Waals surface area contributed by atoms with Gasteiger partial charge in [-0.3, -0.25) is 9.69 Å². The SMILES string of the molecule is O=C(Nc1ccccc1O)c1ccc(CN(CCO)Cc2ccccc2)cc1. The van der Waals surface area contributed by atoms with Crippen molar-refractivity contribution in [3.8, 4) is 5.75 Å². The summed E-state index contributed by atoms with van der Waals surface area (Å²) in [4.78, 5) is 14.5. The molecular weight excluding hydrogens is 352 g/mol. The van der Waals surface area contributed by atoms with Crippen LogP contribution in [-0.2, 0) is 13.1 Å². The molecular formula is C23H24N2O3. The molecule has 3 rings (SSSR count). The van der Waals surface area contributed by atoms with Crippen LogP contribution in [0.1, 0.15) is 21.5 Å². The number of amides is 1. The summed E-state index contributed by atoms with van der Waals surface area (Å²) in [7, 11) is 0. The number of aromatic hydroxyl groups is 1. The fraction of sp³-hybridized carbons (Fsp3) is 0.174. The van der Waals surface area contributed by atoms with Gasteiger partial charge in [-0.1, -0.05) is 54.6 Å². The summed E-state index contributed by atoms with van der Waals surface area (Å²) >= 11 is 0. The fourth-order valence-electron chi connectivity index (χ4n) is 2.99. The van der Waals surface area contributed by atoms with E-state index in [1.54, 1.807) is 30.3 Å². The van der Waals surface area contributed by atoms with Gasteiger partial charge in [-0.2, -0.15) is 0 Å². The maximum absolute atomic E-state index is 12.4. The van der Waals surface area contributed by atoms with Crippen molar-refractivity contribution >= 4 is 11.6 Å². The van der Waals surface area contributed by atoms with Crippen LogP contribution in [0.25, 0.3) is 0 Å². The highest BCUT2D eigenvalue weighted by atomic mass is 16.3. The lowest BCUT2D eigenvalue weighted by molar-refractivity contribution is 0.102. The molecule has 0 saturated heterocycles. The number of phenolic OH excluding ortho intramolecular Hbond substituents is 1. The number of carbonyl (C=O) groups excluding carboxylic acids is 1. The Morgan fingerprint density at radius 2 is 1.43 bits per heavy atom. The molecule has 5 heteroatoms. The average molecular weight is 376 g/mol. The van der Waals surface area contributed by atoms with Crippen LogP contribution in [0.4, 0.5) is 5.69 Å². The third kappa shape index (κ3) is 5.42. The van der Waals surface area contributed by atoms with Crippen molar-refractivity contribution in [1.82, 2.24) is 4.90 Å². The van der Waals surface area contributed by atoms with Gasteiger partial charge in [0.05, 0.1) is 12.3 Å². The minimum atomic E-state index is -0.274. The zero-order valence-electron chi connectivity index (χ0n) is 15.6. The first-order chi connectivity index (χ1) is 13.7. The summed E-state index contributed by atoms with van der Waals surface area (Å²) in [5.41, 5.74) is 3.15. The van der Waals surface area contributed by atoms with Crippen LogP contribution in [0.2, 0.25) is 0 Å². The molecule has 0 saturated carbocycles. The Balaban J connectivity index is 1.63. The van der Waals surface area contributed by atoms with Gasteiger partial charge in [0.25, 0.3) is 5.91 Å². The predicted molar refractivity (Wildman–Crippen MR) is 110 cm³/mol. The summed E-state index contributed by atoms with van der Waals surface area (Å²) in [5, 5.41) is 21.8. The van der Waals surface area contributed by atoms with E-state index >= 15 is 0 Å². The zero-order chi connectivity index (χ0) is 19.8. The number of nitrogens with one attached hydrogen (secondary N) is 1. The van der Waals surface area contributed by atoms with E-state index in [4.69, 9.17) is 0 Å². The van der Waals surface area contributed by atoms with Gasteiger partial charge in [-0.25, -0.2) is 0 Å². The molecule has 3 aromatic rings. The van der Waals surface area contributed by atoms with E-state index in [0.29, 0.717) is 24.3 Å². The van der Waals surface area contributed by atoms with Crippen LogP contribution >= 0.6 is 0 Å². The standard InChI is InChI=1S/C23H24N2O3/c26-15-14-25(16-18-6-2-1-3-7-18)17-19-10-12-20(13-11-19)23(28)24-21-8-4-5-9-22(21)27/h1-13,26-27H,14-17H2,(H,24,28). The third-order valence-electron chi connectivity index (χ3n) is 4.44. The summed E-state index contributed by atoms with van der Waals surface area (Å²) in [6.07, 6.45) is 0. The number of hydrogen-bond donors (Lipinski definition) is 3. The predicted octanol–water partition coefficient (Wildman–Crippen LogP) is 3.64. The van der Waals surface area contributed by atoms with Crippen LogP contribution in [0, 0.1) is 0 Å². The number of benzene rings is 3. The summed E-state index contributed by atoms with van der Waals surface area (Å²) in [6.45, 7) is 2.09. The molecule has 0 bridgehead atoms. The van der Waals surface area contributed by atoms with Crippen LogP contribution < -0.4 is 5.32 Å². The Kier molecular flexibility index (Phi) is 6.78. The summed E-state index contributed by atoms with van der Waals surface area (Å²) in [6, 6.07) is 24.1. The van der Waals surface area contributed by atoms with Crippen LogP contribution in [0.5, 0.6) is 5.75 Å². The number of phenols is 1. The summed E-state index contributed by atoms with van der Waals surface area (Å²) < 4.78 is 0. The van der Waals surface area contributed by atoms with E-state index in [1.807, 2.05) is 30.3 Å². The molecule has 5 nitrogen and oxygen atoms in total. The highest BCUT2D eigenvalue weighted by Gasteiger charge is 2.10. The number of aliphatic hydroxyl groups excluding tert-OH is 1. The van der Waals surface area contributed by atoms with Crippen LogP contribution in [0.3, 0.4) is 0 Å². The molecule has 3 N–H and O–H groups in total. The van der Waals surface area contributed by atoms with E-state index in [2.05, 4.69) is 22.3 Å². The molecule has 0 aliphatic carbocycles. The lowest BCUT2D eigenvalue weighted by atomic mass is 10.1. The molecule has 0 unspecified atom stereocenters. The molecule has 144 valence electrons. The number of carbonyl (C=O) groups is 1. The Labute approximate surface area is 164 Å². The number of aliphatic hydroxyl groups is 1. The normalized spacial score (nSPS) is 10.8. The second-order valence-corrected chi connectivity index (χ2v) is 6.59. The number of para-hydroxylation sites is 2. The average Bonchev–Trinajstić information content (AvgIpc) is 2.71. The van der Waals surface area contributed by atoms with Gasteiger partial charge >= 0.3 is 0 Å². The minimum absolute atomic E-state index is 0.0352. The van der Waals surface area contributed by atoms with E-state index < -0.39 is 0 Å². The van der Waals surface area contributed by atoms with Gasteiger partial charge in [0.1, 0.15) is 5.75 Å². The van der Waals surface area contributed by atoms with Crippen molar-refractivity contribution in [2.75, 3.05) is 18.5 Å². The van der Waals surface area contributed by atoms with Crippen molar-refractivity contribution < 1.29 is 15.0 Å². The lowest BCUT2D eigenvalue weighted by Gasteiger charge is -2.21. The number of nitrogens with zero attached hydrogens (tertiary/aromatic N) is 1. The maximum Gasteiger partial charge on any atom is 0.255 e. The number of hydrogen-bond acceptors (Lipinski definition) is 4. The van der Waals surface area contributed by atoms with Gasteiger partial charge in [-0.05, 0) is 35.4 Å². The molecule has 0 fully saturated rings. The highest BCUT2D eigenvalue weighted by molar-refractivity contribution is 6.04. The first-order valence-corrected chi connectivity index (χ1v) is 9.21. The van der Waals surface area contributed by atoms with Crippen molar-refractivity contribution in [3.63, 3.8) is 0 Å². The van der Waals surface area contributed by atoms with Crippen molar-refractivity contribution in [3.05, 3.63) is 95.6 Å². The maximum atomic E-state index is 12.4. The van der Waals surface area contributed by atoms with Gasteiger partial charge in [0, 0.05) is 25.2 Å². The smallest absolute Gasteiger partial charge is 0.255 e. The van der Waals surface area contributed by atoms with Crippen molar-refractivity contribution in [2.45, 2.75) is 13.1 Å². The Hall–Kier alpha value is -3.15. The molecule has 0 aliphatic heterocycles. The molecule has 0 radical (unpaired) electrons. The third-order valence-corrected chi connectivity index (χ3v) is 4.44. The van der Waals surface area contributed by atoms with Gasteiger partial charge in [-0.15, -0.1) is 0 Å². The monoisotopic (exact) mass is 376 g/mol. The topological polar surface area (TPSA) is 72.8 Å². The van der Waals surface area contributed by atoms with Gasteiger partial charge in [0.15, 0.2) is 0 Å².